The molecule has 0 bridgehead atoms. The molecule has 1 fully saturated rings. The number of nitriles is 1. The predicted molar refractivity (Wildman–Crippen MR) is 76.3 cm³/mol. The molecule has 0 atom stereocenters. The van der Waals surface area contributed by atoms with Crippen LogP contribution in [0.4, 0.5) is 0 Å². The molecule has 1 aromatic carbocycles. The molecule has 1 aromatic rings. The quantitative estimate of drug-likeness (QED) is 0.726. The Balaban J connectivity index is 2.41. The van der Waals surface area contributed by atoms with Gasteiger partial charge < -0.3 is 9.31 Å². The highest BCUT2D eigenvalue weighted by Gasteiger charge is 2.51. The fourth-order valence-electron chi connectivity index (χ4n) is 2.12. The SMILES string of the molecule is Cc1cc(B2OC(C)(C)C(C)(C)O2)cc(C#N)c1C. The molecule has 1 heterocycles. The van der Waals surface area contributed by atoms with E-state index in [1.165, 1.54) is 0 Å². The summed E-state index contributed by atoms with van der Waals surface area (Å²) in [6, 6.07) is 6.14. The maximum atomic E-state index is 9.18. The zero-order chi connectivity index (χ0) is 14.4. The lowest BCUT2D eigenvalue weighted by molar-refractivity contribution is 0.00578. The van der Waals surface area contributed by atoms with Crippen LogP contribution in [-0.2, 0) is 9.31 Å². The molecule has 0 spiro atoms. The topological polar surface area (TPSA) is 42.2 Å². The molecule has 0 unspecified atom stereocenters. The number of benzene rings is 1. The first-order chi connectivity index (χ1) is 8.68. The Labute approximate surface area is 115 Å². The Kier molecular flexibility index (Phi) is 3.24. The van der Waals surface area contributed by atoms with Gasteiger partial charge >= 0.3 is 7.12 Å². The van der Waals surface area contributed by atoms with E-state index in [0.29, 0.717) is 5.56 Å². The van der Waals surface area contributed by atoms with Crippen LogP contribution in [0, 0.1) is 25.2 Å². The first-order valence-corrected chi connectivity index (χ1v) is 6.55. The molecule has 1 aliphatic heterocycles. The molecule has 100 valence electrons. The van der Waals surface area contributed by atoms with Crippen molar-refractivity contribution >= 4 is 12.6 Å². The fraction of sp³-hybridized carbons (Fsp3) is 0.533. The zero-order valence-corrected chi connectivity index (χ0v) is 12.5. The minimum absolute atomic E-state index is 0.358. The van der Waals surface area contributed by atoms with Gasteiger partial charge in [0.2, 0.25) is 0 Å². The Hall–Kier alpha value is -1.31. The van der Waals surface area contributed by atoms with E-state index in [1.807, 2.05) is 53.7 Å². The fourth-order valence-corrected chi connectivity index (χ4v) is 2.12. The summed E-state index contributed by atoms with van der Waals surface area (Å²) >= 11 is 0. The molecular weight excluding hydrogens is 237 g/mol. The molecule has 0 radical (unpaired) electrons. The van der Waals surface area contributed by atoms with Crippen molar-refractivity contribution in [2.75, 3.05) is 0 Å². The van der Waals surface area contributed by atoms with Crippen molar-refractivity contribution in [3.05, 3.63) is 28.8 Å². The molecule has 3 nitrogen and oxygen atoms in total. The molecule has 4 heteroatoms. The lowest BCUT2D eigenvalue weighted by atomic mass is 9.77. The van der Waals surface area contributed by atoms with E-state index < -0.39 is 7.12 Å². The van der Waals surface area contributed by atoms with Gasteiger partial charge in [0.05, 0.1) is 22.8 Å². The number of hydrogen-bond acceptors (Lipinski definition) is 3. The van der Waals surface area contributed by atoms with Crippen molar-refractivity contribution in [1.29, 1.82) is 5.26 Å². The molecule has 0 amide bonds. The highest BCUT2D eigenvalue weighted by molar-refractivity contribution is 6.62. The van der Waals surface area contributed by atoms with E-state index in [9.17, 15) is 5.26 Å². The summed E-state index contributed by atoms with van der Waals surface area (Å²) in [7, 11) is -0.406. The van der Waals surface area contributed by atoms with Gasteiger partial charge in [0.25, 0.3) is 0 Å². The molecule has 1 saturated heterocycles. The van der Waals surface area contributed by atoms with E-state index in [4.69, 9.17) is 9.31 Å². The summed E-state index contributed by atoms with van der Waals surface area (Å²) in [5.74, 6) is 0. The zero-order valence-electron chi connectivity index (χ0n) is 12.5. The summed E-state index contributed by atoms with van der Waals surface area (Å²) in [6.45, 7) is 12.1. The molecule has 0 N–H and O–H groups in total. The first kappa shape index (κ1) is 14.1. The van der Waals surface area contributed by atoms with Gasteiger partial charge in [0.15, 0.2) is 0 Å². The van der Waals surface area contributed by atoms with E-state index >= 15 is 0 Å². The average Bonchev–Trinajstić information content (AvgIpc) is 2.52. The molecule has 19 heavy (non-hydrogen) atoms. The first-order valence-electron chi connectivity index (χ1n) is 6.55. The van der Waals surface area contributed by atoms with Crippen LogP contribution >= 0.6 is 0 Å². The van der Waals surface area contributed by atoms with Gasteiger partial charge in [0.1, 0.15) is 0 Å². The van der Waals surface area contributed by atoms with Crippen LogP contribution < -0.4 is 5.46 Å². The number of nitrogens with zero attached hydrogens (tertiary/aromatic N) is 1. The van der Waals surface area contributed by atoms with Crippen LogP contribution in [-0.4, -0.2) is 18.3 Å². The maximum absolute atomic E-state index is 9.18. The molecule has 0 aliphatic carbocycles. The summed E-state index contributed by atoms with van der Waals surface area (Å²) in [5, 5.41) is 9.18. The second-order valence-corrected chi connectivity index (χ2v) is 6.21. The van der Waals surface area contributed by atoms with E-state index in [0.717, 1.165) is 16.6 Å². The number of hydrogen-bond donors (Lipinski definition) is 0. The summed E-state index contributed by atoms with van der Waals surface area (Å²) < 4.78 is 12.0. The Morgan fingerprint density at radius 2 is 1.58 bits per heavy atom. The lowest BCUT2D eigenvalue weighted by Crippen LogP contribution is -2.41. The summed E-state index contributed by atoms with van der Waals surface area (Å²) in [5.41, 5.74) is 2.99. The maximum Gasteiger partial charge on any atom is 0.494 e. The van der Waals surface area contributed by atoms with Gasteiger partial charge in [0, 0.05) is 0 Å². The van der Waals surface area contributed by atoms with Crippen molar-refractivity contribution in [2.45, 2.75) is 52.7 Å². The van der Waals surface area contributed by atoms with Crippen LogP contribution in [0.15, 0.2) is 12.1 Å². The van der Waals surface area contributed by atoms with E-state index in [-0.39, 0.29) is 11.2 Å². The molecular formula is C15H20BNO2. The largest absolute Gasteiger partial charge is 0.494 e. The van der Waals surface area contributed by atoms with E-state index in [1.54, 1.807) is 0 Å². The standard InChI is InChI=1S/C15H20BNO2/c1-10-7-13(8-12(9-17)11(10)2)16-18-14(3,4)15(5,6)19-16/h7-8H,1-6H3. The van der Waals surface area contributed by atoms with Crippen molar-refractivity contribution in [3.8, 4) is 6.07 Å². The van der Waals surface area contributed by atoms with Crippen LogP contribution in [0.3, 0.4) is 0 Å². The van der Waals surface area contributed by atoms with Gasteiger partial charge in [-0.05, 0) is 64.2 Å². The summed E-state index contributed by atoms with van der Waals surface area (Å²) in [4.78, 5) is 0. The van der Waals surface area contributed by atoms with Crippen LogP contribution in [0.2, 0.25) is 0 Å². The van der Waals surface area contributed by atoms with Crippen molar-refractivity contribution in [2.24, 2.45) is 0 Å². The van der Waals surface area contributed by atoms with Gasteiger partial charge in [-0.25, -0.2) is 0 Å². The Morgan fingerprint density at radius 1 is 1.05 bits per heavy atom. The minimum Gasteiger partial charge on any atom is -0.399 e. The van der Waals surface area contributed by atoms with Gasteiger partial charge in [-0.3, -0.25) is 0 Å². The second kappa shape index (κ2) is 4.36. The normalized spacial score (nSPS) is 20.4. The third-order valence-electron chi connectivity index (χ3n) is 4.34. The Bertz CT molecular complexity index is 542. The van der Waals surface area contributed by atoms with Gasteiger partial charge in [-0.2, -0.15) is 5.26 Å². The van der Waals surface area contributed by atoms with Crippen molar-refractivity contribution in [3.63, 3.8) is 0 Å². The average molecular weight is 257 g/mol. The van der Waals surface area contributed by atoms with Crippen LogP contribution in [0.5, 0.6) is 0 Å². The smallest absolute Gasteiger partial charge is 0.399 e. The van der Waals surface area contributed by atoms with Gasteiger partial charge in [-0.1, -0.05) is 6.07 Å². The van der Waals surface area contributed by atoms with Crippen LogP contribution in [0.25, 0.3) is 0 Å². The van der Waals surface area contributed by atoms with E-state index in [2.05, 4.69) is 6.07 Å². The third kappa shape index (κ3) is 2.29. The Morgan fingerprint density at radius 3 is 2.05 bits per heavy atom. The molecule has 1 aliphatic rings. The molecule has 0 saturated carbocycles. The van der Waals surface area contributed by atoms with Crippen LogP contribution in [0.1, 0.15) is 44.4 Å². The minimum atomic E-state index is -0.406. The number of rotatable bonds is 1. The lowest BCUT2D eigenvalue weighted by Gasteiger charge is -2.32. The summed E-state index contributed by atoms with van der Waals surface area (Å²) in [6.07, 6.45) is 0. The molecule has 0 aromatic heterocycles. The van der Waals surface area contributed by atoms with Gasteiger partial charge in [-0.15, -0.1) is 0 Å². The molecule has 2 rings (SSSR count). The highest BCUT2D eigenvalue weighted by Crippen LogP contribution is 2.36. The second-order valence-electron chi connectivity index (χ2n) is 6.21. The van der Waals surface area contributed by atoms with Crippen molar-refractivity contribution in [1.82, 2.24) is 0 Å². The number of aryl methyl sites for hydroxylation is 1. The third-order valence-corrected chi connectivity index (χ3v) is 4.34. The highest BCUT2D eigenvalue weighted by atomic mass is 16.7. The monoisotopic (exact) mass is 257 g/mol. The predicted octanol–water partition coefficient (Wildman–Crippen LogP) is 2.47. The van der Waals surface area contributed by atoms with Crippen molar-refractivity contribution < 1.29 is 9.31 Å².